The normalized spacial score (nSPS) is 12.1. The minimum Gasteiger partial charge on any atom is -0.497 e. The van der Waals surface area contributed by atoms with E-state index < -0.39 is 0 Å². The Labute approximate surface area is 139 Å². The van der Waals surface area contributed by atoms with E-state index >= 15 is 0 Å². The van der Waals surface area contributed by atoms with Crippen molar-refractivity contribution in [2.75, 3.05) is 12.4 Å². The Bertz CT molecular complexity index is 857. The summed E-state index contributed by atoms with van der Waals surface area (Å²) in [6, 6.07) is 12.0. The fraction of sp³-hybridized carbons (Fsp3) is 0.222. The van der Waals surface area contributed by atoms with E-state index in [-0.39, 0.29) is 11.8 Å². The van der Waals surface area contributed by atoms with Crippen LogP contribution in [0.4, 0.5) is 5.13 Å². The third kappa shape index (κ3) is 3.35. The van der Waals surface area contributed by atoms with Crippen molar-refractivity contribution in [1.29, 1.82) is 0 Å². The van der Waals surface area contributed by atoms with Crippen LogP contribution in [0.5, 0.6) is 5.75 Å². The van der Waals surface area contributed by atoms with Crippen molar-refractivity contribution in [2.45, 2.75) is 19.8 Å². The molecule has 4 nitrogen and oxygen atoms in total. The van der Waals surface area contributed by atoms with Crippen LogP contribution in [0.3, 0.4) is 0 Å². The van der Waals surface area contributed by atoms with Crippen LogP contribution in [-0.2, 0) is 4.79 Å². The molecule has 1 N–H and O–H groups in total. The van der Waals surface area contributed by atoms with E-state index in [1.807, 2.05) is 55.6 Å². The molecule has 0 spiro atoms. The van der Waals surface area contributed by atoms with Crippen LogP contribution >= 0.6 is 11.3 Å². The van der Waals surface area contributed by atoms with Gasteiger partial charge in [0.1, 0.15) is 5.75 Å². The van der Waals surface area contributed by atoms with Gasteiger partial charge in [-0.25, -0.2) is 4.98 Å². The van der Waals surface area contributed by atoms with Gasteiger partial charge in [-0.15, -0.1) is 11.3 Å². The number of carbonyl (C=O) groups is 1. The van der Waals surface area contributed by atoms with E-state index in [1.165, 1.54) is 11.3 Å². The summed E-state index contributed by atoms with van der Waals surface area (Å²) >= 11 is 1.44. The van der Waals surface area contributed by atoms with Gasteiger partial charge >= 0.3 is 0 Å². The van der Waals surface area contributed by atoms with Crippen molar-refractivity contribution in [2.24, 2.45) is 0 Å². The molecule has 1 aromatic heterocycles. The predicted molar refractivity (Wildman–Crippen MR) is 94.4 cm³/mol. The lowest BCUT2D eigenvalue weighted by molar-refractivity contribution is -0.117. The number of nitrogens with one attached hydrogen (secondary N) is 1. The Kier molecular flexibility index (Phi) is 4.30. The summed E-state index contributed by atoms with van der Waals surface area (Å²) < 4.78 is 5.24. The maximum absolute atomic E-state index is 12.4. The number of hydrogen-bond acceptors (Lipinski definition) is 4. The largest absolute Gasteiger partial charge is 0.497 e. The average molecular weight is 326 g/mol. The van der Waals surface area contributed by atoms with Gasteiger partial charge in [-0.1, -0.05) is 24.3 Å². The maximum atomic E-state index is 12.4. The quantitative estimate of drug-likeness (QED) is 0.775. The smallest absolute Gasteiger partial charge is 0.233 e. The first-order valence-corrected chi connectivity index (χ1v) is 8.25. The number of carbonyl (C=O) groups excluding carboxylic acids is 1. The second-order valence-corrected chi connectivity index (χ2v) is 6.34. The molecule has 1 atom stereocenters. The molecule has 0 aliphatic carbocycles. The lowest BCUT2D eigenvalue weighted by Crippen LogP contribution is -2.18. The molecule has 0 saturated heterocycles. The molecule has 1 amide bonds. The monoisotopic (exact) mass is 326 g/mol. The molecular weight excluding hydrogens is 308 g/mol. The van der Waals surface area contributed by atoms with Crippen molar-refractivity contribution >= 4 is 33.1 Å². The number of methoxy groups -OCH3 is 1. The maximum Gasteiger partial charge on any atom is 0.233 e. The Balaban J connectivity index is 1.82. The number of amides is 1. The van der Waals surface area contributed by atoms with Crippen LogP contribution in [0.15, 0.2) is 41.8 Å². The number of nitrogens with zero attached hydrogens (tertiary/aromatic N) is 1. The van der Waals surface area contributed by atoms with E-state index in [2.05, 4.69) is 10.3 Å². The number of ether oxygens (including phenoxy) is 1. The SMILES string of the molecule is COc1ccc2cc(C(C)C(=O)Nc3nc(C)cs3)ccc2c1. The van der Waals surface area contributed by atoms with Gasteiger partial charge in [0.05, 0.1) is 18.7 Å². The molecule has 23 heavy (non-hydrogen) atoms. The molecule has 0 aliphatic rings. The van der Waals surface area contributed by atoms with Crippen molar-refractivity contribution in [1.82, 2.24) is 4.98 Å². The van der Waals surface area contributed by atoms with Gasteiger partial charge in [-0.3, -0.25) is 4.79 Å². The molecule has 0 radical (unpaired) electrons. The van der Waals surface area contributed by atoms with Gasteiger partial charge in [-0.2, -0.15) is 0 Å². The van der Waals surface area contributed by atoms with Gasteiger partial charge in [0.2, 0.25) is 5.91 Å². The van der Waals surface area contributed by atoms with Gasteiger partial charge in [-0.05, 0) is 42.3 Å². The zero-order valence-corrected chi connectivity index (χ0v) is 14.1. The first-order chi connectivity index (χ1) is 11.1. The second kappa shape index (κ2) is 6.38. The molecule has 1 heterocycles. The second-order valence-electron chi connectivity index (χ2n) is 5.48. The van der Waals surface area contributed by atoms with E-state index in [4.69, 9.17) is 4.74 Å². The van der Waals surface area contributed by atoms with E-state index in [0.29, 0.717) is 5.13 Å². The van der Waals surface area contributed by atoms with Crippen LogP contribution < -0.4 is 10.1 Å². The van der Waals surface area contributed by atoms with Crippen molar-refractivity contribution in [3.8, 4) is 5.75 Å². The van der Waals surface area contributed by atoms with Gasteiger partial charge in [0, 0.05) is 5.38 Å². The zero-order valence-electron chi connectivity index (χ0n) is 13.3. The number of anilines is 1. The van der Waals surface area contributed by atoms with Crippen LogP contribution in [0.1, 0.15) is 24.1 Å². The highest BCUT2D eigenvalue weighted by atomic mass is 32.1. The van der Waals surface area contributed by atoms with Crippen LogP contribution in [0.25, 0.3) is 10.8 Å². The lowest BCUT2D eigenvalue weighted by atomic mass is 9.97. The fourth-order valence-electron chi connectivity index (χ4n) is 2.42. The first kappa shape index (κ1) is 15.5. The average Bonchev–Trinajstić information content (AvgIpc) is 2.97. The van der Waals surface area contributed by atoms with Gasteiger partial charge in [0.25, 0.3) is 0 Å². The van der Waals surface area contributed by atoms with Crippen LogP contribution in [-0.4, -0.2) is 18.0 Å². The van der Waals surface area contributed by atoms with Crippen molar-refractivity contribution in [3.05, 3.63) is 53.0 Å². The summed E-state index contributed by atoms with van der Waals surface area (Å²) in [5.41, 5.74) is 1.89. The summed E-state index contributed by atoms with van der Waals surface area (Å²) in [4.78, 5) is 16.7. The number of thiazole rings is 1. The number of aryl methyl sites for hydroxylation is 1. The minimum atomic E-state index is -0.245. The molecule has 2 aromatic carbocycles. The summed E-state index contributed by atoms with van der Waals surface area (Å²) in [5, 5.41) is 7.62. The number of aromatic nitrogens is 1. The topological polar surface area (TPSA) is 51.2 Å². The zero-order chi connectivity index (χ0) is 16.4. The minimum absolute atomic E-state index is 0.0489. The van der Waals surface area contributed by atoms with Crippen LogP contribution in [0, 0.1) is 6.92 Å². The number of hydrogen-bond donors (Lipinski definition) is 1. The molecule has 1 unspecified atom stereocenters. The molecule has 5 heteroatoms. The summed E-state index contributed by atoms with van der Waals surface area (Å²) in [6.45, 7) is 3.81. The molecule has 0 fully saturated rings. The Morgan fingerprint density at radius 3 is 2.65 bits per heavy atom. The Hall–Kier alpha value is -2.40. The van der Waals surface area contributed by atoms with E-state index in [0.717, 1.165) is 27.8 Å². The summed E-state index contributed by atoms with van der Waals surface area (Å²) in [5.74, 6) is 0.535. The molecule has 3 aromatic rings. The Morgan fingerprint density at radius 1 is 1.22 bits per heavy atom. The van der Waals surface area contributed by atoms with E-state index in [1.54, 1.807) is 7.11 Å². The standard InChI is InChI=1S/C18H18N2O2S/c1-11-10-23-18(19-11)20-17(21)12(2)13-4-5-15-9-16(22-3)7-6-14(15)8-13/h4-10,12H,1-3H3,(H,19,20,21). The molecular formula is C18H18N2O2S. The third-order valence-corrected chi connectivity index (χ3v) is 4.69. The van der Waals surface area contributed by atoms with Crippen molar-refractivity contribution in [3.63, 3.8) is 0 Å². The van der Waals surface area contributed by atoms with Crippen molar-refractivity contribution < 1.29 is 9.53 Å². The number of benzene rings is 2. The first-order valence-electron chi connectivity index (χ1n) is 7.37. The van der Waals surface area contributed by atoms with Gasteiger partial charge in [0.15, 0.2) is 5.13 Å². The summed E-state index contributed by atoms with van der Waals surface area (Å²) in [7, 11) is 1.66. The highest BCUT2D eigenvalue weighted by molar-refractivity contribution is 7.13. The molecule has 0 saturated carbocycles. The lowest BCUT2D eigenvalue weighted by Gasteiger charge is -2.12. The third-order valence-electron chi connectivity index (χ3n) is 3.81. The fourth-order valence-corrected chi connectivity index (χ4v) is 3.11. The molecule has 0 aliphatic heterocycles. The molecule has 0 bridgehead atoms. The number of rotatable bonds is 4. The van der Waals surface area contributed by atoms with Gasteiger partial charge < -0.3 is 10.1 Å². The Morgan fingerprint density at radius 2 is 1.96 bits per heavy atom. The highest BCUT2D eigenvalue weighted by Gasteiger charge is 2.17. The molecule has 3 rings (SSSR count). The van der Waals surface area contributed by atoms with E-state index in [9.17, 15) is 4.79 Å². The summed E-state index contributed by atoms with van der Waals surface area (Å²) in [6.07, 6.45) is 0. The molecule has 118 valence electrons. The highest BCUT2D eigenvalue weighted by Crippen LogP contribution is 2.26. The van der Waals surface area contributed by atoms with Crippen LogP contribution in [0.2, 0.25) is 0 Å². The predicted octanol–water partition coefficient (Wildman–Crippen LogP) is 4.36. The number of fused-ring (bicyclic) bond motifs is 1.